The van der Waals surface area contributed by atoms with Crippen LogP contribution in [0.3, 0.4) is 0 Å². The smallest absolute Gasteiger partial charge is 0.335 e. The molecule has 1 aliphatic heterocycles. The van der Waals surface area contributed by atoms with Crippen molar-refractivity contribution in [3.63, 3.8) is 0 Å². The lowest BCUT2D eigenvalue weighted by Crippen LogP contribution is -2.37. The number of anilines is 2. The van der Waals surface area contributed by atoms with E-state index in [9.17, 15) is 19.5 Å². The number of hydrogen-bond donors (Lipinski definition) is 3. The predicted octanol–water partition coefficient (Wildman–Crippen LogP) is 4.80. The van der Waals surface area contributed by atoms with Crippen LogP contribution < -0.4 is 10.6 Å². The van der Waals surface area contributed by atoms with Gasteiger partial charge in [-0.1, -0.05) is 44.2 Å². The van der Waals surface area contributed by atoms with E-state index in [0.29, 0.717) is 35.5 Å². The van der Waals surface area contributed by atoms with E-state index in [1.807, 2.05) is 45.0 Å². The summed E-state index contributed by atoms with van der Waals surface area (Å²) >= 11 is 0. The molecule has 0 saturated heterocycles. The summed E-state index contributed by atoms with van der Waals surface area (Å²) in [5.41, 5.74) is 4.05. The summed E-state index contributed by atoms with van der Waals surface area (Å²) < 4.78 is 1.65. The summed E-state index contributed by atoms with van der Waals surface area (Å²) in [6, 6.07) is 13.4. The Hall–Kier alpha value is -4.20. The molecule has 178 valence electrons. The lowest BCUT2D eigenvalue weighted by molar-refractivity contribution is -0.118. The van der Waals surface area contributed by atoms with Crippen LogP contribution in [0.5, 0.6) is 0 Å². The maximum absolute atomic E-state index is 13.3. The van der Waals surface area contributed by atoms with E-state index >= 15 is 0 Å². The second kappa shape index (κ2) is 8.23. The quantitative estimate of drug-likeness (QED) is 0.505. The van der Waals surface area contributed by atoms with Crippen molar-refractivity contribution < 1.29 is 19.5 Å². The van der Waals surface area contributed by atoms with Crippen LogP contribution >= 0.6 is 0 Å². The number of aromatic carboxylic acids is 1. The molecule has 1 aromatic heterocycles. The molecule has 2 aromatic carbocycles. The van der Waals surface area contributed by atoms with E-state index in [2.05, 4.69) is 15.7 Å². The highest BCUT2D eigenvalue weighted by atomic mass is 16.4. The number of ketones is 1. The first-order chi connectivity index (χ1) is 16.6. The van der Waals surface area contributed by atoms with Crippen LogP contribution in [0.4, 0.5) is 11.5 Å². The zero-order chi connectivity index (χ0) is 24.9. The Kier molecular flexibility index (Phi) is 5.31. The van der Waals surface area contributed by atoms with Gasteiger partial charge < -0.3 is 15.7 Å². The highest BCUT2D eigenvalue weighted by Crippen LogP contribution is 2.46. The first kappa shape index (κ1) is 22.6. The van der Waals surface area contributed by atoms with Crippen molar-refractivity contribution in [2.45, 2.75) is 39.7 Å². The lowest BCUT2D eigenvalue weighted by atomic mass is 9.73. The van der Waals surface area contributed by atoms with Crippen molar-refractivity contribution in [2.24, 2.45) is 5.41 Å². The molecule has 0 saturated carbocycles. The number of carbonyl (C=O) groups excluding carboxylic acids is 2. The standard InChI is InChI=1S/C27H26N4O4/c1-15-6-4-5-7-19(15)30-25(33)18-14-28-31-23(16-8-10-17(11-9-16)26(34)35)22-20(29-24(18)31)12-27(2,3)13-21(22)32/h4-11,14,23,29H,12-13H2,1-3H3,(H,30,33)(H,34,35)/t23-/m0/s1. The average molecular weight is 471 g/mol. The zero-order valence-electron chi connectivity index (χ0n) is 19.8. The van der Waals surface area contributed by atoms with E-state index in [0.717, 1.165) is 16.8 Å². The molecule has 1 atom stereocenters. The number of amides is 1. The van der Waals surface area contributed by atoms with Crippen molar-refractivity contribution in [3.05, 3.63) is 88.3 Å². The molecule has 0 bridgehead atoms. The maximum Gasteiger partial charge on any atom is 0.335 e. The second-order valence-corrected chi connectivity index (χ2v) is 9.91. The van der Waals surface area contributed by atoms with Crippen molar-refractivity contribution in [1.29, 1.82) is 0 Å². The van der Waals surface area contributed by atoms with E-state index in [1.165, 1.54) is 18.3 Å². The SMILES string of the molecule is Cc1ccccc1NC(=O)c1cnn2c1NC1=C(C(=O)CC(C)(C)C1)[C@@H]2c1ccc(C(=O)O)cc1. The Balaban J connectivity index is 1.60. The molecule has 2 heterocycles. The van der Waals surface area contributed by atoms with Crippen LogP contribution in [-0.4, -0.2) is 32.5 Å². The Morgan fingerprint density at radius 3 is 2.51 bits per heavy atom. The van der Waals surface area contributed by atoms with Crippen molar-refractivity contribution in [2.75, 3.05) is 10.6 Å². The predicted molar refractivity (Wildman–Crippen MR) is 132 cm³/mol. The molecule has 8 nitrogen and oxygen atoms in total. The third kappa shape index (κ3) is 4.01. The Bertz CT molecular complexity index is 1400. The van der Waals surface area contributed by atoms with Crippen molar-refractivity contribution in [3.8, 4) is 0 Å². The normalized spacial score (nSPS) is 18.4. The van der Waals surface area contributed by atoms with Gasteiger partial charge in [0.05, 0.1) is 11.8 Å². The van der Waals surface area contributed by atoms with E-state index < -0.39 is 12.0 Å². The van der Waals surface area contributed by atoms with Gasteiger partial charge in [0.15, 0.2) is 5.78 Å². The molecule has 2 aliphatic rings. The lowest BCUT2D eigenvalue weighted by Gasteiger charge is -2.39. The minimum atomic E-state index is -1.02. The first-order valence-electron chi connectivity index (χ1n) is 11.5. The number of fused-ring (bicyclic) bond motifs is 1. The van der Waals surface area contributed by atoms with Crippen LogP contribution in [0.1, 0.15) is 64.6 Å². The minimum Gasteiger partial charge on any atom is -0.478 e. The maximum atomic E-state index is 13.3. The Labute approximate surface area is 202 Å². The number of nitrogens with zero attached hydrogens (tertiary/aromatic N) is 2. The van der Waals surface area contributed by atoms with Crippen molar-refractivity contribution >= 4 is 29.2 Å². The highest BCUT2D eigenvalue weighted by molar-refractivity contribution is 6.09. The average Bonchev–Trinajstić information content (AvgIpc) is 3.22. The number of aryl methyl sites for hydroxylation is 1. The van der Waals surface area contributed by atoms with Gasteiger partial charge in [0.2, 0.25) is 0 Å². The first-order valence-corrected chi connectivity index (χ1v) is 11.5. The van der Waals surface area contributed by atoms with Crippen LogP contribution in [0.15, 0.2) is 66.0 Å². The molecular formula is C27H26N4O4. The molecule has 3 N–H and O–H groups in total. The molecule has 1 amide bonds. The van der Waals surface area contributed by atoms with Crippen LogP contribution in [0.2, 0.25) is 0 Å². The Morgan fingerprint density at radius 2 is 1.83 bits per heavy atom. The number of carbonyl (C=O) groups is 3. The zero-order valence-corrected chi connectivity index (χ0v) is 19.8. The number of benzene rings is 2. The van der Waals surface area contributed by atoms with Crippen LogP contribution in [-0.2, 0) is 4.79 Å². The fourth-order valence-electron chi connectivity index (χ4n) is 4.90. The van der Waals surface area contributed by atoms with Gasteiger partial charge in [0, 0.05) is 23.4 Å². The minimum absolute atomic E-state index is 0.0168. The number of allylic oxidation sites excluding steroid dienone is 2. The van der Waals surface area contributed by atoms with E-state index in [1.54, 1.807) is 16.8 Å². The third-order valence-corrected chi connectivity index (χ3v) is 6.61. The van der Waals surface area contributed by atoms with Gasteiger partial charge in [-0.05, 0) is 48.1 Å². The number of carboxylic acids is 1. The number of aromatic nitrogens is 2. The van der Waals surface area contributed by atoms with Gasteiger partial charge in [-0.15, -0.1) is 0 Å². The van der Waals surface area contributed by atoms with E-state index in [-0.39, 0.29) is 22.7 Å². The summed E-state index contributed by atoms with van der Waals surface area (Å²) in [4.78, 5) is 37.9. The third-order valence-electron chi connectivity index (χ3n) is 6.61. The molecule has 5 rings (SSSR count). The largest absolute Gasteiger partial charge is 0.478 e. The summed E-state index contributed by atoms with van der Waals surface area (Å²) in [6.45, 7) is 6.01. The van der Waals surface area contributed by atoms with E-state index in [4.69, 9.17) is 0 Å². The fraction of sp³-hybridized carbons (Fsp3) is 0.259. The van der Waals surface area contributed by atoms with Crippen LogP contribution in [0, 0.1) is 12.3 Å². The number of para-hydroxylation sites is 1. The molecule has 8 heteroatoms. The molecule has 0 fully saturated rings. The van der Waals surface area contributed by atoms with Gasteiger partial charge in [0.1, 0.15) is 17.4 Å². The van der Waals surface area contributed by atoms with Crippen molar-refractivity contribution in [1.82, 2.24) is 9.78 Å². The number of nitrogens with one attached hydrogen (secondary N) is 2. The molecule has 0 radical (unpaired) electrons. The van der Waals surface area contributed by atoms with Gasteiger partial charge in [-0.3, -0.25) is 9.59 Å². The molecule has 3 aromatic rings. The summed E-state index contributed by atoms with van der Waals surface area (Å²) in [6.07, 6.45) is 2.54. The van der Waals surface area contributed by atoms with Gasteiger partial charge in [0.25, 0.3) is 5.91 Å². The molecule has 0 unspecified atom stereocenters. The van der Waals surface area contributed by atoms with Crippen LogP contribution in [0.25, 0.3) is 0 Å². The number of Topliss-reactive ketones (excluding diaryl/α,β-unsaturated/α-hetero) is 1. The summed E-state index contributed by atoms with van der Waals surface area (Å²) in [7, 11) is 0. The molecule has 0 spiro atoms. The highest BCUT2D eigenvalue weighted by Gasteiger charge is 2.42. The number of hydrogen-bond acceptors (Lipinski definition) is 5. The summed E-state index contributed by atoms with van der Waals surface area (Å²) in [5.74, 6) is -0.804. The molecular weight excluding hydrogens is 444 g/mol. The van der Waals surface area contributed by atoms with Gasteiger partial charge in [-0.25, -0.2) is 9.48 Å². The molecule has 35 heavy (non-hydrogen) atoms. The Morgan fingerprint density at radius 1 is 1.11 bits per heavy atom. The number of rotatable bonds is 4. The fourth-order valence-corrected chi connectivity index (χ4v) is 4.90. The van der Waals surface area contributed by atoms with Gasteiger partial charge in [-0.2, -0.15) is 5.10 Å². The topological polar surface area (TPSA) is 113 Å². The molecule has 1 aliphatic carbocycles. The number of carboxylic acid groups (broad SMARTS) is 1. The summed E-state index contributed by atoms with van der Waals surface area (Å²) in [5, 5.41) is 20.1. The monoisotopic (exact) mass is 470 g/mol. The second-order valence-electron chi connectivity index (χ2n) is 9.91. The van der Waals surface area contributed by atoms with Gasteiger partial charge >= 0.3 is 5.97 Å².